The molecule has 1 fully saturated rings. The zero-order valence-electron chi connectivity index (χ0n) is 11.9. The summed E-state index contributed by atoms with van der Waals surface area (Å²) < 4.78 is 0. The molecule has 1 saturated heterocycles. The molecular weight excluding hydrogens is 294 g/mol. The van der Waals surface area contributed by atoms with Gasteiger partial charge in [0.2, 0.25) is 0 Å². The average Bonchev–Trinajstić information content (AvgIpc) is 3.04. The van der Waals surface area contributed by atoms with E-state index < -0.39 is 24.1 Å². The number of likely N-dealkylation sites (tertiary alicyclic amines) is 1. The monoisotopic (exact) mass is 313 g/mol. The van der Waals surface area contributed by atoms with E-state index in [-0.39, 0.29) is 19.0 Å². The van der Waals surface area contributed by atoms with Gasteiger partial charge < -0.3 is 20.4 Å². The van der Waals surface area contributed by atoms with E-state index in [0.29, 0.717) is 0 Å². The maximum absolute atomic E-state index is 12.2. The third-order valence-corrected chi connectivity index (χ3v) is 4.78. The van der Waals surface area contributed by atoms with Crippen LogP contribution in [0.25, 0.3) is 0 Å². The molecule has 3 atom stereocenters. The summed E-state index contributed by atoms with van der Waals surface area (Å²) in [5.74, 6) is -1.10. The molecule has 2 amide bonds. The summed E-state index contributed by atoms with van der Waals surface area (Å²) in [7, 11) is 0. The SMILES string of the molecule is CCc1cnc(C(C)NC(=O)N2CC(O)C[C@H]2C(=O)O)s1. The molecule has 116 valence electrons. The van der Waals surface area contributed by atoms with Crippen molar-refractivity contribution < 1.29 is 19.8 Å². The first-order chi connectivity index (χ1) is 9.92. The first kappa shape index (κ1) is 15.7. The molecule has 1 aromatic rings. The molecule has 21 heavy (non-hydrogen) atoms. The zero-order valence-corrected chi connectivity index (χ0v) is 12.8. The minimum absolute atomic E-state index is 0.0353. The highest BCUT2D eigenvalue weighted by Crippen LogP contribution is 2.22. The predicted octanol–water partition coefficient (Wildman–Crippen LogP) is 0.996. The van der Waals surface area contributed by atoms with Crippen LogP contribution in [0.4, 0.5) is 4.79 Å². The Kier molecular flexibility index (Phi) is 4.79. The topological polar surface area (TPSA) is 103 Å². The van der Waals surface area contributed by atoms with Crippen molar-refractivity contribution in [2.75, 3.05) is 6.54 Å². The van der Waals surface area contributed by atoms with Crippen LogP contribution in [-0.2, 0) is 11.2 Å². The molecule has 8 heteroatoms. The lowest BCUT2D eigenvalue weighted by Crippen LogP contribution is -2.46. The third kappa shape index (κ3) is 3.51. The number of carboxylic acid groups (broad SMARTS) is 1. The van der Waals surface area contributed by atoms with Gasteiger partial charge in [0.15, 0.2) is 0 Å². The van der Waals surface area contributed by atoms with Crippen LogP contribution in [0.5, 0.6) is 0 Å². The number of hydrogen-bond donors (Lipinski definition) is 3. The largest absolute Gasteiger partial charge is 0.480 e. The fraction of sp³-hybridized carbons (Fsp3) is 0.615. The molecule has 2 heterocycles. The molecule has 1 aromatic heterocycles. The van der Waals surface area contributed by atoms with Crippen molar-refractivity contribution in [1.29, 1.82) is 0 Å². The van der Waals surface area contributed by atoms with E-state index in [1.807, 2.05) is 6.92 Å². The van der Waals surface area contributed by atoms with Crippen molar-refractivity contribution in [2.24, 2.45) is 0 Å². The Hall–Kier alpha value is -1.67. The van der Waals surface area contributed by atoms with Crippen LogP contribution < -0.4 is 5.32 Å². The van der Waals surface area contributed by atoms with E-state index >= 15 is 0 Å². The van der Waals surface area contributed by atoms with E-state index in [1.165, 1.54) is 11.3 Å². The smallest absolute Gasteiger partial charge is 0.326 e. The predicted molar refractivity (Wildman–Crippen MR) is 77.2 cm³/mol. The summed E-state index contributed by atoms with van der Waals surface area (Å²) in [5, 5.41) is 22.2. The first-order valence-corrected chi connectivity index (χ1v) is 7.66. The number of carbonyl (C=O) groups is 2. The number of aryl methyl sites for hydroxylation is 1. The maximum atomic E-state index is 12.2. The number of amides is 2. The van der Waals surface area contributed by atoms with E-state index in [0.717, 1.165) is 21.2 Å². The molecule has 1 aliphatic heterocycles. The van der Waals surface area contributed by atoms with Crippen molar-refractivity contribution in [3.05, 3.63) is 16.1 Å². The van der Waals surface area contributed by atoms with Gasteiger partial charge in [-0.25, -0.2) is 14.6 Å². The zero-order chi connectivity index (χ0) is 15.6. The van der Waals surface area contributed by atoms with Crippen molar-refractivity contribution in [1.82, 2.24) is 15.2 Å². The quantitative estimate of drug-likeness (QED) is 0.769. The lowest BCUT2D eigenvalue weighted by Gasteiger charge is -2.23. The summed E-state index contributed by atoms with van der Waals surface area (Å²) >= 11 is 1.52. The number of carbonyl (C=O) groups excluding carboxylic acids is 1. The fourth-order valence-corrected chi connectivity index (χ4v) is 3.15. The van der Waals surface area contributed by atoms with Gasteiger partial charge in [-0.05, 0) is 13.3 Å². The molecule has 0 radical (unpaired) electrons. The highest BCUT2D eigenvalue weighted by Gasteiger charge is 2.39. The van der Waals surface area contributed by atoms with Crippen LogP contribution in [0.15, 0.2) is 6.20 Å². The van der Waals surface area contributed by atoms with E-state index in [1.54, 1.807) is 13.1 Å². The van der Waals surface area contributed by atoms with Crippen molar-refractivity contribution in [3.63, 3.8) is 0 Å². The number of aliphatic hydroxyl groups excluding tert-OH is 1. The van der Waals surface area contributed by atoms with Crippen molar-refractivity contribution >= 4 is 23.3 Å². The molecule has 3 N–H and O–H groups in total. The highest BCUT2D eigenvalue weighted by atomic mass is 32.1. The summed E-state index contributed by atoms with van der Waals surface area (Å²) in [4.78, 5) is 29.9. The number of hydrogen-bond acceptors (Lipinski definition) is 5. The number of aromatic nitrogens is 1. The summed E-state index contributed by atoms with van der Waals surface area (Å²) in [6, 6.07) is -1.76. The third-order valence-electron chi connectivity index (χ3n) is 3.46. The van der Waals surface area contributed by atoms with Gasteiger partial charge >= 0.3 is 12.0 Å². The Labute approximate surface area is 126 Å². The highest BCUT2D eigenvalue weighted by molar-refractivity contribution is 7.11. The Morgan fingerprint density at radius 2 is 2.33 bits per heavy atom. The second kappa shape index (κ2) is 6.40. The Morgan fingerprint density at radius 3 is 2.90 bits per heavy atom. The Bertz CT molecular complexity index is 533. The summed E-state index contributed by atoms with van der Waals surface area (Å²) in [6.45, 7) is 3.87. The van der Waals surface area contributed by atoms with Crippen molar-refractivity contribution in [2.45, 2.75) is 44.9 Å². The molecule has 0 spiro atoms. The lowest BCUT2D eigenvalue weighted by atomic mass is 10.2. The van der Waals surface area contributed by atoms with Gasteiger partial charge in [0, 0.05) is 24.0 Å². The molecule has 0 aliphatic carbocycles. The molecule has 7 nitrogen and oxygen atoms in total. The Morgan fingerprint density at radius 1 is 1.62 bits per heavy atom. The number of thiazole rings is 1. The minimum Gasteiger partial charge on any atom is -0.480 e. The molecular formula is C13H19N3O4S. The summed E-state index contributed by atoms with van der Waals surface area (Å²) in [5.41, 5.74) is 0. The van der Waals surface area contributed by atoms with Crippen LogP contribution >= 0.6 is 11.3 Å². The van der Waals surface area contributed by atoms with Crippen LogP contribution in [0, 0.1) is 0 Å². The standard InChI is InChI=1S/C13H19N3O4S/c1-3-9-5-14-11(21-9)7(2)15-13(20)16-6-8(17)4-10(16)12(18)19/h5,7-8,10,17H,3-4,6H2,1-2H3,(H,15,20)(H,18,19)/t7?,8?,10-/m0/s1. The molecule has 0 aromatic carbocycles. The van der Waals surface area contributed by atoms with Gasteiger partial charge in [-0.3, -0.25) is 0 Å². The van der Waals surface area contributed by atoms with E-state index in [9.17, 15) is 14.7 Å². The molecule has 0 saturated carbocycles. The van der Waals surface area contributed by atoms with Gasteiger partial charge in [-0.15, -0.1) is 11.3 Å². The second-order valence-corrected chi connectivity index (χ2v) is 6.23. The van der Waals surface area contributed by atoms with E-state index in [2.05, 4.69) is 10.3 Å². The van der Waals surface area contributed by atoms with Gasteiger partial charge in [-0.1, -0.05) is 6.92 Å². The van der Waals surface area contributed by atoms with E-state index in [4.69, 9.17) is 5.11 Å². The number of urea groups is 1. The van der Waals surface area contributed by atoms with Crippen molar-refractivity contribution in [3.8, 4) is 0 Å². The van der Waals surface area contributed by atoms with Crippen LogP contribution in [-0.4, -0.2) is 50.8 Å². The normalized spacial score (nSPS) is 23.1. The maximum Gasteiger partial charge on any atom is 0.326 e. The number of nitrogens with one attached hydrogen (secondary N) is 1. The summed E-state index contributed by atoms with van der Waals surface area (Å²) in [6.07, 6.45) is 1.94. The number of rotatable bonds is 4. The molecule has 2 unspecified atom stereocenters. The van der Waals surface area contributed by atoms with Crippen LogP contribution in [0.3, 0.4) is 0 Å². The number of nitrogens with zero attached hydrogens (tertiary/aromatic N) is 2. The van der Waals surface area contributed by atoms with Crippen LogP contribution in [0.2, 0.25) is 0 Å². The molecule has 1 aliphatic rings. The van der Waals surface area contributed by atoms with Gasteiger partial charge in [-0.2, -0.15) is 0 Å². The first-order valence-electron chi connectivity index (χ1n) is 6.85. The number of carboxylic acids is 1. The van der Waals surface area contributed by atoms with Gasteiger partial charge in [0.05, 0.1) is 12.1 Å². The van der Waals surface area contributed by atoms with Crippen LogP contribution in [0.1, 0.15) is 36.2 Å². The molecule has 0 bridgehead atoms. The van der Waals surface area contributed by atoms with Gasteiger partial charge in [0.1, 0.15) is 11.0 Å². The minimum atomic E-state index is -1.10. The fourth-order valence-electron chi connectivity index (χ4n) is 2.29. The van der Waals surface area contributed by atoms with Gasteiger partial charge in [0.25, 0.3) is 0 Å². The Balaban J connectivity index is 2.01. The number of aliphatic carboxylic acids is 1. The number of β-amino-alcohol motifs (C(OH)–C–C–N with tert-alkyl or cyclic N) is 1. The molecule has 2 rings (SSSR count). The lowest BCUT2D eigenvalue weighted by molar-refractivity contribution is -0.141. The second-order valence-electron chi connectivity index (χ2n) is 5.09. The number of aliphatic hydroxyl groups is 1. The average molecular weight is 313 g/mol.